The SMILES string of the molecule is Cc1ccc([N+](=O)[O-])cc1S(=O)(=O)NCCCNC(C)C. The van der Waals surface area contributed by atoms with Crippen LogP contribution in [0.25, 0.3) is 0 Å². The summed E-state index contributed by atoms with van der Waals surface area (Å²) in [5.41, 5.74) is 0.246. The molecule has 0 aromatic heterocycles. The highest BCUT2D eigenvalue weighted by atomic mass is 32.2. The predicted molar refractivity (Wildman–Crippen MR) is 80.8 cm³/mol. The number of non-ortho nitro benzene ring substituents is 1. The van der Waals surface area contributed by atoms with Gasteiger partial charge in [-0.1, -0.05) is 19.9 Å². The Hall–Kier alpha value is -1.51. The molecule has 0 spiro atoms. The van der Waals surface area contributed by atoms with Crippen LogP contribution < -0.4 is 10.0 Å². The first-order valence-electron chi connectivity index (χ1n) is 6.72. The molecule has 2 N–H and O–H groups in total. The molecule has 7 nitrogen and oxygen atoms in total. The molecular formula is C13H21N3O4S. The molecular weight excluding hydrogens is 294 g/mol. The second kappa shape index (κ2) is 7.48. The summed E-state index contributed by atoms with van der Waals surface area (Å²) in [7, 11) is -3.73. The molecule has 0 aliphatic rings. The summed E-state index contributed by atoms with van der Waals surface area (Å²) in [6.45, 7) is 6.62. The fourth-order valence-corrected chi connectivity index (χ4v) is 3.09. The van der Waals surface area contributed by atoms with Crippen molar-refractivity contribution in [1.82, 2.24) is 10.0 Å². The average Bonchev–Trinajstić information content (AvgIpc) is 2.37. The Kier molecular flexibility index (Phi) is 6.25. The molecule has 0 atom stereocenters. The lowest BCUT2D eigenvalue weighted by molar-refractivity contribution is -0.385. The summed E-state index contributed by atoms with van der Waals surface area (Å²) >= 11 is 0. The summed E-state index contributed by atoms with van der Waals surface area (Å²) in [4.78, 5) is 10.1. The lowest BCUT2D eigenvalue weighted by Gasteiger charge is -2.10. The van der Waals surface area contributed by atoms with Gasteiger partial charge < -0.3 is 5.32 Å². The molecule has 0 aliphatic carbocycles. The van der Waals surface area contributed by atoms with Gasteiger partial charge in [-0.3, -0.25) is 10.1 Å². The summed E-state index contributed by atoms with van der Waals surface area (Å²) in [6.07, 6.45) is 0.644. The molecule has 0 aliphatic heterocycles. The molecule has 8 heteroatoms. The van der Waals surface area contributed by atoms with Crippen LogP contribution in [0.1, 0.15) is 25.8 Å². The van der Waals surface area contributed by atoms with E-state index in [4.69, 9.17) is 0 Å². The predicted octanol–water partition coefficient (Wildman–Crippen LogP) is 1.57. The van der Waals surface area contributed by atoms with E-state index >= 15 is 0 Å². The number of hydrogen-bond donors (Lipinski definition) is 2. The summed E-state index contributed by atoms with van der Waals surface area (Å²) in [6, 6.07) is 4.17. The number of rotatable bonds is 8. The number of nitro benzene ring substituents is 1. The zero-order valence-corrected chi connectivity index (χ0v) is 13.2. The van der Waals surface area contributed by atoms with Gasteiger partial charge in [0.25, 0.3) is 5.69 Å². The third kappa shape index (κ3) is 5.41. The monoisotopic (exact) mass is 315 g/mol. The summed E-state index contributed by atoms with van der Waals surface area (Å²) in [5, 5.41) is 13.9. The standard InChI is InChI=1S/C13H21N3O4S/c1-10(2)14-7-4-8-15-21(19,20)13-9-12(16(17)18)6-5-11(13)3/h5-6,9-10,14-15H,4,7-8H2,1-3H3. The molecule has 118 valence electrons. The highest BCUT2D eigenvalue weighted by Gasteiger charge is 2.19. The van der Waals surface area contributed by atoms with E-state index in [2.05, 4.69) is 10.0 Å². The fourth-order valence-electron chi connectivity index (χ4n) is 1.76. The van der Waals surface area contributed by atoms with Crippen LogP contribution in [-0.4, -0.2) is 32.5 Å². The van der Waals surface area contributed by atoms with Crippen LogP contribution in [0.2, 0.25) is 0 Å². The van der Waals surface area contributed by atoms with Crippen LogP contribution in [0, 0.1) is 17.0 Å². The van der Waals surface area contributed by atoms with Gasteiger partial charge in [-0.15, -0.1) is 0 Å². The van der Waals surface area contributed by atoms with Gasteiger partial charge in [0.05, 0.1) is 9.82 Å². The molecule has 21 heavy (non-hydrogen) atoms. The van der Waals surface area contributed by atoms with Crippen molar-refractivity contribution in [2.75, 3.05) is 13.1 Å². The van der Waals surface area contributed by atoms with E-state index in [-0.39, 0.29) is 17.1 Å². The minimum absolute atomic E-state index is 0.0477. The van der Waals surface area contributed by atoms with Crippen LogP contribution in [0.5, 0.6) is 0 Å². The third-order valence-electron chi connectivity index (χ3n) is 2.87. The van der Waals surface area contributed by atoms with Gasteiger partial charge in [0.15, 0.2) is 0 Å². The van der Waals surface area contributed by atoms with Gasteiger partial charge in [0.1, 0.15) is 0 Å². The first kappa shape index (κ1) is 17.5. The van der Waals surface area contributed by atoms with Crippen molar-refractivity contribution in [3.8, 4) is 0 Å². The summed E-state index contributed by atoms with van der Waals surface area (Å²) < 4.78 is 26.8. The van der Waals surface area contributed by atoms with Crippen molar-refractivity contribution in [2.45, 2.75) is 38.1 Å². The van der Waals surface area contributed by atoms with Crippen molar-refractivity contribution in [3.63, 3.8) is 0 Å². The van der Waals surface area contributed by atoms with Gasteiger partial charge >= 0.3 is 0 Å². The highest BCUT2D eigenvalue weighted by Crippen LogP contribution is 2.21. The van der Waals surface area contributed by atoms with Gasteiger partial charge in [0, 0.05) is 24.7 Å². The van der Waals surface area contributed by atoms with Gasteiger partial charge in [-0.05, 0) is 25.5 Å². The minimum atomic E-state index is -3.73. The van der Waals surface area contributed by atoms with E-state index in [9.17, 15) is 18.5 Å². The lowest BCUT2D eigenvalue weighted by Crippen LogP contribution is -2.30. The van der Waals surface area contributed by atoms with E-state index in [0.717, 1.165) is 6.07 Å². The van der Waals surface area contributed by atoms with E-state index in [1.165, 1.54) is 12.1 Å². The number of benzene rings is 1. The van der Waals surface area contributed by atoms with Crippen molar-refractivity contribution < 1.29 is 13.3 Å². The van der Waals surface area contributed by atoms with E-state index in [1.807, 2.05) is 13.8 Å². The topological polar surface area (TPSA) is 101 Å². The van der Waals surface area contributed by atoms with Crippen molar-refractivity contribution >= 4 is 15.7 Å². The third-order valence-corrected chi connectivity index (χ3v) is 4.47. The lowest BCUT2D eigenvalue weighted by atomic mass is 10.2. The molecule has 0 bridgehead atoms. The molecule has 1 aromatic carbocycles. The number of nitro groups is 1. The number of hydrogen-bond acceptors (Lipinski definition) is 5. The average molecular weight is 315 g/mol. The normalized spacial score (nSPS) is 11.8. The first-order chi connectivity index (χ1) is 9.74. The molecule has 0 saturated carbocycles. The van der Waals surface area contributed by atoms with Crippen LogP contribution in [0.15, 0.2) is 23.1 Å². The maximum absolute atomic E-state index is 12.2. The Morgan fingerprint density at radius 3 is 2.52 bits per heavy atom. The zero-order chi connectivity index (χ0) is 16.0. The zero-order valence-electron chi connectivity index (χ0n) is 12.4. The second-order valence-corrected chi connectivity index (χ2v) is 6.80. The van der Waals surface area contributed by atoms with Crippen LogP contribution in [0.4, 0.5) is 5.69 Å². The number of nitrogens with zero attached hydrogens (tertiary/aromatic N) is 1. The van der Waals surface area contributed by atoms with Crippen molar-refractivity contribution in [3.05, 3.63) is 33.9 Å². The number of aryl methyl sites for hydroxylation is 1. The van der Waals surface area contributed by atoms with Crippen LogP contribution >= 0.6 is 0 Å². The largest absolute Gasteiger partial charge is 0.314 e. The van der Waals surface area contributed by atoms with Gasteiger partial charge in [0.2, 0.25) is 10.0 Å². The molecule has 0 unspecified atom stereocenters. The Balaban J connectivity index is 2.74. The van der Waals surface area contributed by atoms with Crippen LogP contribution in [0.3, 0.4) is 0 Å². The maximum atomic E-state index is 12.2. The molecule has 0 radical (unpaired) electrons. The maximum Gasteiger partial charge on any atom is 0.270 e. The molecule has 1 aromatic rings. The molecule has 0 saturated heterocycles. The number of sulfonamides is 1. The fraction of sp³-hybridized carbons (Fsp3) is 0.538. The Morgan fingerprint density at radius 2 is 1.95 bits per heavy atom. The van der Waals surface area contributed by atoms with Crippen molar-refractivity contribution in [1.29, 1.82) is 0 Å². The Bertz CT molecular complexity index is 599. The van der Waals surface area contributed by atoms with Crippen LogP contribution in [-0.2, 0) is 10.0 Å². The molecule has 1 rings (SSSR count). The quantitative estimate of drug-likeness (QED) is 0.431. The summed E-state index contributed by atoms with van der Waals surface area (Å²) in [5.74, 6) is 0. The highest BCUT2D eigenvalue weighted by molar-refractivity contribution is 7.89. The van der Waals surface area contributed by atoms with Gasteiger partial charge in [-0.2, -0.15) is 0 Å². The Labute approximate surface area is 124 Å². The molecule has 0 fully saturated rings. The Morgan fingerprint density at radius 1 is 1.29 bits per heavy atom. The van der Waals surface area contributed by atoms with Gasteiger partial charge in [-0.25, -0.2) is 13.1 Å². The molecule has 0 heterocycles. The minimum Gasteiger partial charge on any atom is -0.314 e. The van der Waals surface area contributed by atoms with E-state index < -0.39 is 14.9 Å². The molecule has 0 amide bonds. The van der Waals surface area contributed by atoms with Crippen molar-refractivity contribution in [2.24, 2.45) is 0 Å². The van der Waals surface area contributed by atoms with E-state index in [0.29, 0.717) is 24.6 Å². The van der Waals surface area contributed by atoms with E-state index in [1.54, 1.807) is 6.92 Å². The number of nitrogens with one attached hydrogen (secondary N) is 2. The second-order valence-electron chi connectivity index (χ2n) is 5.07. The first-order valence-corrected chi connectivity index (χ1v) is 8.20. The smallest absolute Gasteiger partial charge is 0.270 e.